The van der Waals surface area contributed by atoms with Gasteiger partial charge in [0.2, 0.25) is 0 Å². The lowest BCUT2D eigenvalue weighted by Gasteiger charge is -2.37. The summed E-state index contributed by atoms with van der Waals surface area (Å²) in [5.41, 5.74) is 1.83. The van der Waals surface area contributed by atoms with Gasteiger partial charge in [-0.3, -0.25) is 4.79 Å². The number of likely N-dealkylation sites (tertiary alicyclic amines) is 2. The van der Waals surface area contributed by atoms with E-state index in [1.807, 2.05) is 29.2 Å². The van der Waals surface area contributed by atoms with Crippen molar-refractivity contribution >= 4 is 16.8 Å². The first-order chi connectivity index (χ1) is 17.9. The van der Waals surface area contributed by atoms with Crippen molar-refractivity contribution < 1.29 is 23.1 Å². The number of carbonyl (C=O) groups excluding carboxylic acids is 1. The fourth-order valence-corrected chi connectivity index (χ4v) is 5.39. The molecule has 6 nitrogen and oxygen atoms in total. The van der Waals surface area contributed by atoms with Gasteiger partial charge in [0, 0.05) is 43.4 Å². The molecule has 37 heavy (non-hydrogen) atoms. The average Bonchev–Trinajstić information content (AvgIpc) is 3.35. The van der Waals surface area contributed by atoms with Crippen molar-refractivity contribution in [1.29, 1.82) is 0 Å². The van der Waals surface area contributed by atoms with Gasteiger partial charge in [-0.15, -0.1) is 0 Å². The molecule has 0 spiro atoms. The number of H-pyrrole nitrogens is 1. The van der Waals surface area contributed by atoms with Gasteiger partial charge >= 0.3 is 0 Å². The highest BCUT2D eigenvalue weighted by Crippen LogP contribution is 2.29. The zero-order chi connectivity index (χ0) is 25.9. The molecule has 2 aliphatic heterocycles. The van der Waals surface area contributed by atoms with Crippen LogP contribution in [0.1, 0.15) is 47.8 Å². The van der Waals surface area contributed by atoms with Gasteiger partial charge in [0.1, 0.15) is 5.82 Å². The molecule has 5 rings (SSSR count). The van der Waals surface area contributed by atoms with Crippen LogP contribution in [0.15, 0.2) is 48.7 Å². The Hall–Kier alpha value is -3.17. The Morgan fingerprint density at radius 2 is 1.73 bits per heavy atom. The van der Waals surface area contributed by atoms with Gasteiger partial charge in [0.25, 0.3) is 0 Å². The average molecular weight is 513 g/mol. The number of allylic oxidation sites excluding steroid dienone is 1. The third-order valence-electron chi connectivity index (χ3n) is 7.65. The number of β-amino-alcohol motifs (C(OH)–C–C–N with tert-alkyl or cyclic N) is 1. The number of hydrogen-bond donors (Lipinski definition) is 2. The van der Waals surface area contributed by atoms with E-state index in [9.17, 15) is 23.1 Å². The van der Waals surface area contributed by atoms with Gasteiger partial charge in [-0.1, -0.05) is 12.1 Å². The summed E-state index contributed by atoms with van der Waals surface area (Å²) in [5.74, 6) is -3.32. The standard InChI is InChI=1S/C28H31F3N4O2/c29-21-15-20(16-22(30)27(21)31)25(36)9-14-34-10-5-18(6-11-34)26(37)17-35-12-7-19(8-13-35)28-32-23-3-1-2-4-24(23)33-28/h1-4,9,14-16,18-19,26,37H,5-8,10-13,17H2,(H,32,33). The van der Waals surface area contributed by atoms with Crippen LogP contribution in [0.5, 0.6) is 0 Å². The maximum atomic E-state index is 13.4. The van der Waals surface area contributed by atoms with Crippen molar-refractivity contribution in [3.8, 4) is 0 Å². The maximum Gasteiger partial charge on any atom is 0.194 e. The van der Waals surface area contributed by atoms with Crippen LogP contribution in [0.4, 0.5) is 13.2 Å². The molecule has 2 aromatic carbocycles. The number of carbonyl (C=O) groups is 1. The van der Waals surface area contributed by atoms with Gasteiger partial charge in [0.05, 0.1) is 17.1 Å². The highest BCUT2D eigenvalue weighted by atomic mass is 19.2. The van der Waals surface area contributed by atoms with E-state index >= 15 is 0 Å². The molecule has 0 bridgehead atoms. The Morgan fingerprint density at radius 1 is 1.05 bits per heavy atom. The molecule has 0 radical (unpaired) electrons. The number of aromatic amines is 1. The molecule has 196 valence electrons. The maximum absolute atomic E-state index is 13.4. The number of benzene rings is 2. The fraction of sp³-hybridized carbons (Fsp3) is 0.429. The molecule has 1 unspecified atom stereocenters. The van der Waals surface area contributed by atoms with E-state index in [2.05, 4.69) is 9.88 Å². The van der Waals surface area contributed by atoms with E-state index in [1.54, 1.807) is 6.20 Å². The fourth-order valence-electron chi connectivity index (χ4n) is 5.39. The number of rotatable bonds is 7. The monoisotopic (exact) mass is 512 g/mol. The van der Waals surface area contributed by atoms with E-state index in [0.717, 1.165) is 55.6 Å². The number of halogens is 3. The summed E-state index contributed by atoms with van der Waals surface area (Å²) in [6.45, 7) is 3.84. The van der Waals surface area contributed by atoms with Crippen molar-refractivity contribution in [2.24, 2.45) is 5.92 Å². The lowest BCUT2D eigenvalue weighted by Crippen LogP contribution is -2.43. The molecule has 2 fully saturated rings. The molecule has 0 saturated carbocycles. The number of fused-ring (bicyclic) bond motifs is 1. The third kappa shape index (κ3) is 5.88. The minimum atomic E-state index is -1.59. The number of aliphatic hydroxyl groups excluding tert-OH is 1. The Kier molecular flexibility index (Phi) is 7.62. The number of para-hydroxylation sites is 2. The number of piperidine rings is 2. The van der Waals surface area contributed by atoms with Gasteiger partial charge in [-0.05, 0) is 69.0 Å². The minimum Gasteiger partial charge on any atom is -0.392 e. The van der Waals surface area contributed by atoms with Gasteiger partial charge in [-0.2, -0.15) is 0 Å². The zero-order valence-electron chi connectivity index (χ0n) is 20.5. The number of imidazole rings is 1. The predicted molar refractivity (Wildman–Crippen MR) is 135 cm³/mol. The second-order valence-corrected chi connectivity index (χ2v) is 10.1. The molecule has 1 atom stereocenters. The minimum absolute atomic E-state index is 0.175. The molecule has 9 heteroatoms. The molecule has 2 N–H and O–H groups in total. The first-order valence-corrected chi connectivity index (χ1v) is 12.8. The number of nitrogens with zero attached hydrogens (tertiary/aromatic N) is 3. The van der Waals surface area contributed by atoms with Crippen molar-refractivity contribution in [3.63, 3.8) is 0 Å². The number of aromatic nitrogens is 2. The van der Waals surface area contributed by atoms with E-state index in [0.29, 0.717) is 37.7 Å². The Labute approximate surface area is 213 Å². The van der Waals surface area contributed by atoms with Crippen LogP contribution in [0.2, 0.25) is 0 Å². The van der Waals surface area contributed by atoms with Crippen LogP contribution in [0.25, 0.3) is 11.0 Å². The van der Waals surface area contributed by atoms with Crippen LogP contribution in [0, 0.1) is 23.4 Å². The number of ketones is 1. The zero-order valence-corrected chi connectivity index (χ0v) is 20.5. The first kappa shape index (κ1) is 25.5. The van der Waals surface area contributed by atoms with Crippen LogP contribution < -0.4 is 0 Å². The lowest BCUT2D eigenvalue weighted by atomic mass is 9.90. The van der Waals surface area contributed by atoms with E-state index < -0.39 is 29.3 Å². The lowest BCUT2D eigenvalue weighted by molar-refractivity contribution is 0.0317. The summed E-state index contributed by atoms with van der Waals surface area (Å²) < 4.78 is 39.9. The summed E-state index contributed by atoms with van der Waals surface area (Å²) in [5, 5.41) is 10.9. The number of nitrogens with one attached hydrogen (secondary N) is 1. The van der Waals surface area contributed by atoms with Crippen molar-refractivity contribution in [2.45, 2.75) is 37.7 Å². The summed E-state index contributed by atoms with van der Waals surface area (Å²) in [4.78, 5) is 24.7. The van der Waals surface area contributed by atoms with Gasteiger partial charge in [-0.25, -0.2) is 18.2 Å². The van der Waals surface area contributed by atoms with E-state index in [-0.39, 0.29) is 11.5 Å². The Bertz CT molecular complexity index is 1220. The molecule has 0 amide bonds. The number of aliphatic hydroxyl groups is 1. The third-order valence-corrected chi connectivity index (χ3v) is 7.65. The van der Waals surface area contributed by atoms with Gasteiger partial charge in [0.15, 0.2) is 23.2 Å². The first-order valence-electron chi connectivity index (χ1n) is 12.8. The highest BCUT2D eigenvalue weighted by Gasteiger charge is 2.29. The molecule has 3 heterocycles. The summed E-state index contributed by atoms with van der Waals surface area (Å²) in [7, 11) is 0. The van der Waals surface area contributed by atoms with Crippen LogP contribution in [-0.4, -0.2) is 69.5 Å². The Balaban J connectivity index is 1.06. The van der Waals surface area contributed by atoms with Crippen LogP contribution >= 0.6 is 0 Å². The predicted octanol–water partition coefficient (Wildman–Crippen LogP) is 4.63. The normalized spacial score (nSPS) is 19.2. The van der Waals surface area contributed by atoms with Crippen molar-refractivity contribution in [3.05, 3.63) is 77.5 Å². The SMILES string of the molecule is O=C(C=CN1CCC(C(O)CN2CCC(c3nc4ccccc4[nH]3)CC2)CC1)c1cc(F)c(F)c(F)c1. The summed E-state index contributed by atoms with van der Waals surface area (Å²) in [6, 6.07) is 9.47. The molecule has 1 aromatic heterocycles. The smallest absolute Gasteiger partial charge is 0.194 e. The molecular formula is C28H31F3N4O2. The quantitative estimate of drug-likeness (QED) is 0.274. The van der Waals surface area contributed by atoms with Crippen LogP contribution in [-0.2, 0) is 0 Å². The van der Waals surface area contributed by atoms with E-state index in [1.165, 1.54) is 6.08 Å². The van der Waals surface area contributed by atoms with Crippen molar-refractivity contribution in [2.75, 3.05) is 32.7 Å². The largest absolute Gasteiger partial charge is 0.392 e. The summed E-state index contributed by atoms with van der Waals surface area (Å²) >= 11 is 0. The second kappa shape index (κ2) is 11.1. The molecule has 3 aromatic rings. The molecular weight excluding hydrogens is 481 g/mol. The highest BCUT2D eigenvalue weighted by molar-refractivity contribution is 6.04. The molecule has 0 aliphatic carbocycles. The second-order valence-electron chi connectivity index (χ2n) is 10.1. The molecule has 2 saturated heterocycles. The van der Waals surface area contributed by atoms with Gasteiger partial charge < -0.3 is 19.9 Å². The summed E-state index contributed by atoms with van der Waals surface area (Å²) in [6.07, 6.45) is 6.02. The Morgan fingerprint density at radius 3 is 2.41 bits per heavy atom. The number of hydrogen-bond acceptors (Lipinski definition) is 5. The van der Waals surface area contributed by atoms with Crippen molar-refractivity contribution in [1.82, 2.24) is 19.8 Å². The van der Waals surface area contributed by atoms with E-state index in [4.69, 9.17) is 4.98 Å². The molecule has 2 aliphatic rings. The van der Waals surface area contributed by atoms with Crippen LogP contribution in [0.3, 0.4) is 0 Å². The topological polar surface area (TPSA) is 72.5 Å².